The molecule has 0 saturated carbocycles. The SMILES string of the molecule is CCC(C)CCSCCC(=O)O. The molecule has 0 spiro atoms. The van der Waals surface area contributed by atoms with Crippen molar-refractivity contribution < 1.29 is 9.90 Å². The molecule has 0 aromatic rings. The van der Waals surface area contributed by atoms with E-state index in [2.05, 4.69) is 13.8 Å². The third-order valence-electron chi connectivity index (χ3n) is 1.91. The first-order valence-corrected chi connectivity index (χ1v) is 5.61. The molecule has 0 aromatic heterocycles. The first-order valence-electron chi connectivity index (χ1n) is 4.46. The maximum atomic E-state index is 10.1. The van der Waals surface area contributed by atoms with Gasteiger partial charge in [0.2, 0.25) is 0 Å². The van der Waals surface area contributed by atoms with Gasteiger partial charge in [-0.05, 0) is 18.1 Å². The van der Waals surface area contributed by atoms with Crippen molar-refractivity contribution in [2.75, 3.05) is 11.5 Å². The number of thioether (sulfide) groups is 1. The van der Waals surface area contributed by atoms with Crippen LogP contribution in [0.2, 0.25) is 0 Å². The molecule has 1 N–H and O–H groups in total. The van der Waals surface area contributed by atoms with E-state index in [4.69, 9.17) is 5.11 Å². The van der Waals surface area contributed by atoms with Gasteiger partial charge >= 0.3 is 5.97 Å². The Morgan fingerprint density at radius 3 is 2.67 bits per heavy atom. The lowest BCUT2D eigenvalue weighted by Crippen LogP contribution is -1.98. The van der Waals surface area contributed by atoms with Crippen LogP contribution in [0, 0.1) is 5.92 Å². The van der Waals surface area contributed by atoms with Gasteiger partial charge in [-0.3, -0.25) is 4.79 Å². The maximum absolute atomic E-state index is 10.1. The molecule has 72 valence electrons. The summed E-state index contributed by atoms with van der Waals surface area (Å²) in [5.41, 5.74) is 0. The molecule has 0 amide bonds. The largest absolute Gasteiger partial charge is 0.481 e. The molecule has 1 atom stereocenters. The average Bonchev–Trinajstić information content (AvgIpc) is 2.03. The molecule has 0 bridgehead atoms. The highest BCUT2D eigenvalue weighted by Crippen LogP contribution is 2.12. The van der Waals surface area contributed by atoms with E-state index in [0.29, 0.717) is 6.42 Å². The molecule has 0 aliphatic carbocycles. The Balaban J connectivity index is 3.05. The minimum absolute atomic E-state index is 0.297. The Kier molecular flexibility index (Phi) is 7.36. The van der Waals surface area contributed by atoms with E-state index in [-0.39, 0.29) is 0 Å². The second-order valence-electron chi connectivity index (χ2n) is 3.06. The third kappa shape index (κ3) is 7.92. The number of carboxylic acid groups (broad SMARTS) is 1. The molecule has 1 unspecified atom stereocenters. The van der Waals surface area contributed by atoms with E-state index in [0.717, 1.165) is 17.4 Å². The smallest absolute Gasteiger partial charge is 0.304 e. The summed E-state index contributed by atoms with van der Waals surface area (Å²) in [7, 11) is 0. The van der Waals surface area contributed by atoms with Crippen LogP contribution in [0.4, 0.5) is 0 Å². The molecule has 0 saturated heterocycles. The Bertz CT molecular complexity index is 126. The van der Waals surface area contributed by atoms with Gasteiger partial charge < -0.3 is 5.11 Å². The first kappa shape index (κ1) is 11.8. The summed E-state index contributed by atoms with van der Waals surface area (Å²) >= 11 is 1.74. The summed E-state index contributed by atoms with van der Waals surface area (Å²) in [4.78, 5) is 10.1. The highest BCUT2D eigenvalue weighted by atomic mass is 32.2. The number of carboxylic acids is 1. The predicted octanol–water partition coefficient (Wildman–Crippen LogP) is 2.63. The standard InChI is InChI=1S/C9H18O2S/c1-3-8(2)4-6-12-7-5-9(10)11/h8H,3-7H2,1-2H3,(H,10,11). The van der Waals surface area contributed by atoms with Gasteiger partial charge in [0.15, 0.2) is 0 Å². The fourth-order valence-electron chi connectivity index (χ4n) is 0.750. The van der Waals surface area contributed by atoms with Crippen LogP contribution in [0.3, 0.4) is 0 Å². The number of hydrogen-bond donors (Lipinski definition) is 1. The van der Waals surface area contributed by atoms with Crippen molar-refractivity contribution >= 4 is 17.7 Å². The second-order valence-corrected chi connectivity index (χ2v) is 4.28. The molecule has 0 aliphatic heterocycles. The molecule has 0 aliphatic rings. The van der Waals surface area contributed by atoms with Crippen molar-refractivity contribution in [3.05, 3.63) is 0 Å². The Hall–Kier alpha value is -0.180. The molecule has 0 aromatic carbocycles. The van der Waals surface area contributed by atoms with Gasteiger partial charge in [-0.15, -0.1) is 0 Å². The number of carbonyl (C=O) groups is 1. The Morgan fingerprint density at radius 2 is 2.17 bits per heavy atom. The van der Waals surface area contributed by atoms with Crippen LogP contribution in [0.1, 0.15) is 33.1 Å². The lowest BCUT2D eigenvalue weighted by Gasteiger charge is -2.06. The number of rotatable bonds is 7. The van der Waals surface area contributed by atoms with Crippen molar-refractivity contribution in [1.29, 1.82) is 0 Å². The first-order chi connectivity index (χ1) is 5.66. The van der Waals surface area contributed by atoms with Crippen LogP contribution in [-0.2, 0) is 4.79 Å². The maximum Gasteiger partial charge on any atom is 0.304 e. The van der Waals surface area contributed by atoms with E-state index in [1.807, 2.05) is 0 Å². The third-order valence-corrected chi connectivity index (χ3v) is 2.93. The molecule has 2 nitrogen and oxygen atoms in total. The van der Waals surface area contributed by atoms with Gasteiger partial charge in [-0.1, -0.05) is 20.3 Å². The molecule has 3 heteroatoms. The van der Waals surface area contributed by atoms with Gasteiger partial charge in [-0.25, -0.2) is 0 Å². The van der Waals surface area contributed by atoms with Gasteiger partial charge in [0.25, 0.3) is 0 Å². The quantitative estimate of drug-likeness (QED) is 0.627. The van der Waals surface area contributed by atoms with Gasteiger partial charge in [0.05, 0.1) is 6.42 Å². The second kappa shape index (κ2) is 7.47. The minimum atomic E-state index is -0.689. The van der Waals surface area contributed by atoms with Crippen LogP contribution in [0.25, 0.3) is 0 Å². The summed E-state index contributed by atoms with van der Waals surface area (Å²) in [5.74, 6) is 1.95. The fourth-order valence-corrected chi connectivity index (χ4v) is 1.84. The summed E-state index contributed by atoms with van der Waals surface area (Å²) in [6.45, 7) is 4.42. The number of hydrogen-bond acceptors (Lipinski definition) is 2. The number of aliphatic carboxylic acids is 1. The van der Waals surface area contributed by atoms with Crippen molar-refractivity contribution in [2.24, 2.45) is 5.92 Å². The lowest BCUT2D eigenvalue weighted by molar-refractivity contribution is -0.136. The van der Waals surface area contributed by atoms with Crippen LogP contribution >= 0.6 is 11.8 Å². The molecule has 0 fully saturated rings. The van der Waals surface area contributed by atoms with Gasteiger partial charge in [0.1, 0.15) is 0 Å². The topological polar surface area (TPSA) is 37.3 Å². The normalized spacial score (nSPS) is 12.8. The lowest BCUT2D eigenvalue weighted by atomic mass is 10.1. The zero-order chi connectivity index (χ0) is 9.40. The Morgan fingerprint density at radius 1 is 1.50 bits per heavy atom. The van der Waals surface area contributed by atoms with Crippen molar-refractivity contribution in [3.63, 3.8) is 0 Å². The van der Waals surface area contributed by atoms with Crippen LogP contribution in [0.15, 0.2) is 0 Å². The highest BCUT2D eigenvalue weighted by molar-refractivity contribution is 7.99. The minimum Gasteiger partial charge on any atom is -0.481 e. The van der Waals surface area contributed by atoms with Gasteiger partial charge in [0, 0.05) is 5.75 Å². The van der Waals surface area contributed by atoms with E-state index in [1.165, 1.54) is 12.8 Å². The Labute approximate surface area is 78.7 Å². The summed E-state index contributed by atoms with van der Waals surface area (Å²) in [6, 6.07) is 0. The van der Waals surface area contributed by atoms with Crippen molar-refractivity contribution in [2.45, 2.75) is 33.1 Å². The molecular formula is C9H18O2S. The summed E-state index contributed by atoms with van der Waals surface area (Å²) in [5, 5.41) is 8.35. The zero-order valence-electron chi connectivity index (χ0n) is 7.88. The predicted molar refractivity (Wildman–Crippen MR) is 53.6 cm³/mol. The molecule has 0 rings (SSSR count). The van der Waals surface area contributed by atoms with Crippen LogP contribution in [0.5, 0.6) is 0 Å². The van der Waals surface area contributed by atoms with E-state index >= 15 is 0 Å². The van der Waals surface area contributed by atoms with Gasteiger partial charge in [-0.2, -0.15) is 11.8 Å². The molecule has 0 radical (unpaired) electrons. The van der Waals surface area contributed by atoms with E-state index < -0.39 is 5.97 Å². The van der Waals surface area contributed by atoms with Crippen LogP contribution in [-0.4, -0.2) is 22.6 Å². The fraction of sp³-hybridized carbons (Fsp3) is 0.889. The molecule has 12 heavy (non-hydrogen) atoms. The van der Waals surface area contributed by atoms with Crippen molar-refractivity contribution in [3.8, 4) is 0 Å². The monoisotopic (exact) mass is 190 g/mol. The van der Waals surface area contributed by atoms with E-state index in [9.17, 15) is 4.79 Å². The zero-order valence-corrected chi connectivity index (χ0v) is 8.69. The van der Waals surface area contributed by atoms with Crippen molar-refractivity contribution in [1.82, 2.24) is 0 Å². The van der Waals surface area contributed by atoms with Crippen LogP contribution < -0.4 is 0 Å². The average molecular weight is 190 g/mol. The summed E-state index contributed by atoms with van der Waals surface area (Å²) < 4.78 is 0. The summed E-state index contributed by atoms with van der Waals surface area (Å²) in [6.07, 6.45) is 2.73. The highest BCUT2D eigenvalue weighted by Gasteiger charge is 1.99. The molecule has 0 heterocycles. The molecular weight excluding hydrogens is 172 g/mol. The van der Waals surface area contributed by atoms with E-state index in [1.54, 1.807) is 11.8 Å².